The first kappa shape index (κ1) is 20.7. The highest BCUT2D eigenvalue weighted by atomic mass is 127. The van der Waals surface area contributed by atoms with E-state index in [0.717, 1.165) is 28.6 Å². The Morgan fingerprint density at radius 2 is 1.79 bits per heavy atom. The van der Waals surface area contributed by atoms with Gasteiger partial charge in [0.05, 0.1) is 6.04 Å². The van der Waals surface area contributed by atoms with E-state index < -0.39 is 23.3 Å². The Balaban J connectivity index is 2.00. The van der Waals surface area contributed by atoms with Gasteiger partial charge in [0.15, 0.2) is 0 Å². The lowest BCUT2D eigenvalue weighted by Crippen LogP contribution is -2.39. The van der Waals surface area contributed by atoms with E-state index in [9.17, 15) is 4.39 Å². The summed E-state index contributed by atoms with van der Waals surface area (Å²) in [4.78, 5) is 5.30. The highest BCUT2D eigenvalue weighted by Gasteiger charge is 2.38. The maximum absolute atomic E-state index is 15.1. The summed E-state index contributed by atoms with van der Waals surface area (Å²) in [6.45, 7) is 5.78. The van der Waals surface area contributed by atoms with Crippen LogP contribution in [0.25, 0.3) is 10.9 Å². The van der Waals surface area contributed by atoms with Gasteiger partial charge in [-0.3, -0.25) is 4.90 Å². The molecule has 2 atom stereocenters. The van der Waals surface area contributed by atoms with Gasteiger partial charge in [0.2, 0.25) is 0 Å². The number of para-hydroxylation sites is 1. The Labute approximate surface area is 182 Å². The largest absolute Gasteiger partial charge is 0.357 e. The van der Waals surface area contributed by atoms with Gasteiger partial charge in [-0.25, -0.2) is 13.2 Å². The molecule has 1 aliphatic heterocycles. The molecule has 2 unspecified atom stereocenters. The summed E-state index contributed by atoms with van der Waals surface area (Å²) in [5.41, 5.74) is 1.26. The van der Waals surface area contributed by atoms with Crippen molar-refractivity contribution in [2.45, 2.75) is 44.8 Å². The van der Waals surface area contributed by atoms with Crippen LogP contribution < -0.4 is 0 Å². The van der Waals surface area contributed by atoms with Crippen LogP contribution >= 0.6 is 22.6 Å². The number of benzene rings is 2. The molecule has 1 N–H and O–H groups in total. The van der Waals surface area contributed by atoms with Crippen molar-refractivity contribution in [1.29, 1.82) is 0 Å². The Bertz CT molecular complexity index is 1030. The van der Waals surface area contributed by atoms with Crippen molar-refractivity contribution < 1.29 is 13.2 Å². The van der Waals surface area contributed by atoms with Crippen molar-refractivity contribution in [1.82, 2.24) is 9.88 Å². The molecule has 0 amide bonds. The van der Waals surface area contributed by atoms with Gasteiger partial charge in [0.25, 0.3) is 0 Å². The fraction of sp³-hybridized carbons (Fsp3) is 0.391. The first-order chi connectivity index (χ1) is 13.7. The summed E-state index contributed by atoms with van der Waals surface area (Å²) in [6, 6.07) is 9.88. The number of H-pyrrole nitrogens is 1. The summed E-state index contributed by atoms with van der Waals surface area (Å²) in [5.74, 6) is -1.01. The molecule has 6 heteroatoms. The van der Waals surface area contributed by atoms with Crippen LogP contribution in [0.5, 0.6) is 0 Å². The third kappa shape index (κ3) is 3.93. The number of halogens is 4. The molecular weight excluding hydrogens is 488 g/mol. The highest BCUT2D eigenvalue weighted by molar-refractivity contribution is 14.1. The van der Waals surface area contributed by atoms with E-state index in [2.05, 4.69) is 11.9 Å². The van der Waals surface area contributed by atoms with Crippen molar-refractivity contribution in [2.75, 3.05) is 13.1 Å². The van der Waals surface area contributed by atoms with Crippen molar-refractivity contribution in [3.8, 4) is 0 Å². The molecular formula is C23H24F3IN2. The molecule has 29 heavy (non-hydrogen) atoms. The van der Waals surface area contributed by atoms with Crippen LogP contribution in [-0.4, -0.2) is 28.6 Å². The Morgan fingerprint density at radius 3 is 2.45 bits per heavy atom. The third-order valence-corrected chi connectivity index (χ3v) is 6.28. The zero-order valence-electron chi connectivity index (χ0n) is 16.7. The maximum Gasteiger partial charge on any atom is 0.132 e. The highest BCUT2D eigenvalue weighted by Crippen LogP contribution is 2.44. The standard InChI is InChI=1S/C23H24F3IN2/c1-13-8-9-29(12-23(2,3)26)22(20-16(24)10-14(27)11-17(20)25)21-19(13)15-6-4-5-7-18(15)28-21/h4-7,10-11,13,22,28H,8-9,12H2,1-3H3. The predicted molar refractivity (Wildman–Crippen MR) is 119 cm³/mol. The monoisotopic (exact) mass is 512 g/mol. The Morgan fingerprint density at radius 1 is 1.14 bits per heavy atom. The fourth-order valence-electron chi connectivity index (χ4n) is 4.54. The van der Waals surface area contributed by atoms with Gasteiger partial charge >= 0.3 is 0 Å². The molecule has 0 spiro atoms. The first-order valence-corrected chi connectivity index (χ1v) is 10.9. The van der Waals surface area contributed by atoms with Gasteiger partial charge in [0.1, 0.15) is 17.3 Å². The van der Waals surface area contributed by atoms with E-state index >= 15 is 8.78 Å². The second-order valence-corrected chi connectivity index (χ2v) is 9.81. The van der Waals surface area contributed by atoms with E-state index in [1.165, 1.54) is 26.0 Å². The number of alkyl halides is 1. The second-order valence-electron chi connectivity index (χ2n) is 8.56. The molecule has 2 aromatic carbocycles. The average molecular weight is 512 g/mol. The minimum atomic E-state index is -1.49. The Hall–Kier alpha value is -1.54. The van der Waals surface area contributed by atoms with Crippen molar-refractivity contribution in [3.05, 3.63) is 68.4 Å². The molecule has 2 heterocycles. The summed E-state index contributed by atoms with van der Waals surface area (Å²) in [5, 5.41) is 1.06. The molecule has 0 radical (unpaired) electrons. The van der Waals surface area contributed by atoms with Crippen LogP contribution in [0.4, 0.5) is 13.2 Å². The minimum absolute atomic E-state index is 0.0171. The van der Waals surface area contributed by atoms with Crippen LogP contribution in [0.2, 0.25) is 0 Å². The molecule has 1 aliphatic rings. The number of hydrogen-bond acceptors (Lipinski definition) is 1. The van der Waals surface area contributed by atoms with E-state index in [1.54, 1.807) is 0 Å². The van der Waals surface area contributed by atoms with Gasteiger partial charge in [-0.05, 0) is 79.1 Å². The lowest BCUT2D eigenvalue weighted by atomic mass is 9.92. The predicted octanol–water partition coefficient (Wildman–Crippen LogP) is 6.70. The Kier molecular flexibility index (Phi) is 5.44. The molecule has 0 saturated heterocycles. The van der Waals surface area contributed by atoms with E-state index in [4.69, 9.17) is 0 Å². The smallest absolute Gasteiger partial charge is 0.132 e. The molecule has 1 aromatic heterocycles. The van der Waals surface area contributed by atoms with Gasteiger partial charge in [-0.1, -0.05) is 25.1 Å². The minimum Gasteiger partial charge on any atom is -0.357 e. The molecule has 0 saturated carbocycles. The zero-order chi connectivity index (χ0) is 20.9. The molecule has 2 nitrogen and oxygen atoms in total. The quantitative estimate of drug-likeness (QED) is 0.387. The maximum atomic E-state index is 15.1. The lowest BCUT2D eigenvalue weighted by molar-refractivity contribution is 0.102. The number of aromatic amines is 1. The summed E-state index contributed by atoms with van der Waals surface area (Å²) >= 11 is 1.91. The number of aromatic nitrogens is 1. The number of hydrogen-bond donors (Lipinski definition) is 1. The van der Waals surface area contributed by atoms with E-state index in [-0.39, 0.29) is 18.0 Å². The molecule has 4 rings (SSSR count). The van der Waals surface area contributed by atoms with Crippen molar-refractivity contribution in [3.63, 3.8) is 0 Å². The summed E-state index contributed by atoms with van der Waals surface area (Å²) in [7, 11) is 0. The first-order valence-electron chi connectivity index (χ1n) is 9.83. The van der Waals surface area contributed by atoms with Gasteiger partial charge in [-0.15, -0.1) is 0 Å². The van der Waals surface area contributed by atoms with E-state index in [1.807, 2.05) is 51.8 Å². The summed E-state index contributed by atoms with van der Waals surface area (Å²) in [6.07, 6.45) is 0.787. The molecule has 0 bridgehead atoms. The molecule has 3 aromatic rings. The molecule has 0 fully saturated rings. The zero-order valence-corrected chi connectivity index (χ0v) is 18.9. The normalized spacial score (nSPS) is 20.7. The SMILES string of the molecule is CC1CCN(CC(C)(C)F)C(c2c(F)cc(I)cc2F)c2[nH]c3ccccc3c21. The van der Waals surface area contributed by atoms with Crippen molar-refractivity contribution in [2.24, 2.45) is 0 Å². The lowest BCUT2D eigenvalue weighted by Gasteiger charge is -2.34. The number of nitrogens with zero attached hydrogens (tertiary/aromatic N) is 1. The number of fused-ring (bicyclic) bond motifs is 3. The molecule has 0 aliphatic carbocycles. The third-order valence-electron chi connectivity index (χ3n) is 5.65. The number of rotatable bonds is 3. The number of nitrogens with one attached hydrogen (secondary N) is 1. The topological polar surface area (TPSA) is 19.0 Å². The second kappa shape index (κ2) is 7.61. The van der Waals surface area contributed by atoms with Crippen LogP contribution in [0, 0.1) is 15.2 Å². The van der Waals surface area contributed by atoms with E-state index in [0.29, 0.717) is 10.1 Å². The van der Waals surface area contributed by atoms with Gasteiger partial charge in [-0.2, -0.15) is 0 Å². The van der Waals surface area contributed by atoms with Gasteiger partial charge < -0.3 is 4.98 Å². The van der Waals surface area contributed by atoms with Gasteiger partial charge in [0, 0.05) is 32.3 Å². The summed E-state index contributed by atoms with van der Waals surface area (Å²) < 4.78 is 45.4. The average Bonchev–Trinajstić information content (AvgIpc) is 2.94. The molecule has 154 valence electrons. The van der Waals surface area contributed by atoms with Crippen molar-refractivity contribution >= 4 is 33.5 Å². The van der Waals surface area contributed by atoms with Crippen LogP contribution in [-0.2, 0) is 0 Å². The van der Waals surface area contributed by atoms with Crippen LogP contribution in [0.1, 0.15) is 56.0 Å². The van der Waals surface area contributed by atoms with Crippen LogP contribution in [0.15, 0.2) is 36.4 Å². The fourth-order valence-corrected chi connectivity index (χ4v) is 5.09. The van der Waals surface area contributed by atoms with Crippen LogP contribution in [0.3, 0.4) is 0 Å².